The molecule has 1 heterocycles. The molecule has 0 aromatic heterocycles. The highest BCUT2D eigenvalue weighted by Crippen LogP contribution is 2.22. The van der Waals surface area contributed by atoms with Gasteiger partial charge in [-0.1, -0.05) is 0 Å². The summed E-state index contributed by atoms with van der Waals surface area (Å²) >= 11 is 0. The fourth-order valence-electron chi connectivity index (χ4n) is 2.16. The second kappa shape index (κ2) is 5.32. The van der Waals surface area contributed by atoms with E-state index >= 15 is 0 Å². The molecule has 1 saturated heterocycles. The highest BCUT2D eigenvalue weighted by Gasteiger charge is 2.24. The number of carbonyl (C=O) groups excluding carboxylic acids is 1. The molecule has 0 amide bonds. The van der Waals surface area contributed by atoms with Gasteiger partial charge in [0.2, 0.25) is 0 Å². The number of ether oxygens (including phenoxy) is 2. The Bertz CT molecular complexity index is 406. The van der Waals surface area contributed by atoms with Crippen molar-refractivity contribution in [2.75, 3.05) is 13.7 Å². The molecule has 1 fully saturated rings. The van der Waals surface area contributed by atoms with E-state index in [2.05, 4.69) is 0 Å². The molecule has 1 aliphatic heterocycles. The molecule has 3 heteroatoms. The Kier molecular flexibility index (Phi) is 3.79. The molecular formula is C14H18O3. The minimum atomic E-state index is -0.254. The van der Waals surface area contributed by atoms with Crippen LogP contribution in [0.5, 0.6) is 5.75 Å². The highest BCUT2D eigenvalue weighted by atomic mass is 16.5. The fraction of sp³-hybridized carbons (Fsp3) is 0.500. The number of methoxy groups -OCH3 is 1. The molecule has 17 heavy (non-hydrogen) atoms. The van der Waals surface area contributed by atoms with Crippen molar-refractivity contribution in [1.29, 1.82) is 0 Å². The van der Waals surface area contributed by atoms with Crippen molar-refractivity contribution in [3.05, 3.63) is 29.3 Å². The van der Waals surface area contributed by atoms with Gasteiger partial charge in [0.05, 0.1) is 7.11 Å². The summed E-state index contributed by atoms with van der Waals surface area (Å²) in [7, 11) is 1.63. The second-order valence-corrected chi connectivity index (χ2v) is 4.40. The number of hydrogen-bond acceptors (Lipinski definition) is 3. The molecule has 0 spiro atoms. The summed E-state index contributed by atoms with van der Waals surface area (Å²) in [6, 6.07) is 5.54. The maximum absolute atomic E-state index is 12.3. The van der Waals surface area contributed by atoms with Gasteiger partial charge in [-0.15, -0.1) is 0 Å². The normalized spacial score (nSPS) is 20.0. The molecule has 1 atom stereocenters. The van der Waals surface area contributed by atoms with Crippen LogP contribution in [0.25, 0.3) is 0 Å². The van der Waals surface area contributed by atoms with Crippen molar-refractivity contribution in [2.45, 2.75) is 32.3 Å². The first kappa shape index (κ1) is 12.1. The standard InChI is InChI=1S/C14H18O3/c1-10-9-11(16-2)6-7-12(10)14(15)13-5-3-4-8-17-13/h6-7,9,13H,3-5,8H2,1-2H3. The Labute approximate surface area is 102 Å². The van der Waals surface area contributed by atoms with E-state index < -0.39 is 0 Å². The second-order valence-electron chi connectivity index (χ2n) is 4.40. The number of hydrogen-bond donors (Lipinski definition) is 0. The molecule has 0 aliphatic carbocycles. The highest BCUT2D eigenvalue weighted by molar-refractivity contribution is 6.00. The lowest BCUT2D eigenvalue weighted by Gasteiger charge is -2.22. The molecule has 0 N–H and O–H groups in total. The summed E-state index contributed by atoms with van der Waals surface area (Å²) < 4.78 is 10.7. The maximum Gasteiger partial charge on any atom is 0.191 e. The van der Waals surface area contributed by atoms with Crippen LogP contribution in [0, 0.1) is 6.92 Å². The van der Waals surface area contributed by atoms with E-state index in [0.717, 1.165) is 36.1 Å². The van der Waals surface area contributed by atoms with Gasteiger partial charge in [0.15, 0.2) is 5.78 Å². The fourth-order valence-corrected chi connectivity index (χ4v) is 2.16. The van der Waals surface area contributed by atoms with E-state index in [9.17, 15) is 4.79 Å². The molecule has 1 aliphatic rings. The SMILES string of the molecule is COc1ccc(C(=O)C2CCCCO2)c(C)c1. The van der Waals surface area contributed by atoms with Crippen molar-refractivity contribution in [2.24, 2.45) is 0 Å². The molecule has 0 radical (unpaired) electrons. The number of benzene rings is 1. The van der Waals surface area contributed by atoms with Crippen LogP contribution in [0.4, 0.5) is 0 Å². The largest absolute Gasteiger partial charge is 0.497 e. The van der Waals surface area contributed by atoms with Crippen LogP contribution in [-0.2, 0) is 4.74 Å². The minimum Gasteiger partial charge on any atom is -0.497 e. The van der Waals surface area contributed by atoms with Gasteiger partial charge in [-0.2, -0.15) is 0 Å². The smallest absolute Gasteiger partial charge is 0.191 e. The van der Waals surface area contributed by atoms with E-state index in [1.807, 2.05) is 25.1 Å². The summed E-state index contributed by atoms with van der Waals surface area (Å²) in [5.41, 5.74) is 1.70. The molecule has 92 valence electrons. The third-order valence-corrected chi connectivity index (χ3v) is 3.17. The first-order valence-corrected chi connectivity index (χ1v) is 6.03. The average molecular weight is 234 g/mol. The molecule has 0 saturated carbocycles. The van der Waals surface area contributed by atoms with Gasteiger partial charge in [0.25, 0.3) is 0 Å². The maximum atomic E-state index is 12.3. The first-order chi connectivity index (χ1) is 8.22. The zero-order chi connectivity index (χ0) is 12.3. The summed E-state index contributed by atoms with van der Waals surface area (Å²) in [4.78, 5) is 12.3. The lowest BCUT2D eigenvalue weighted by atomic mass is 9.96. The van der Waals surface area contributed by atoms with Crippen LogP contribution < -0.4 is 4.74 Å². The Morgan fingerprint density at radius 1 is 1.41 bits per heavy atom. The van der Waals surface area contributed by atoms with Crippen LogP contribution in [0.15, 0.2) is 18.2 Å². The number of aryl methyl sites for hydroxylation is 1. The lowest BCUT2D eigenvalue weighted by molar-refractivity contribution is 0.0186. The van der Waals surface area contributed by atoms with Crippen LogP contribution in [0.1, 0.15) is 35.2 Å². The van der Waals surface area contributed by atoms with Crippen LogP contribution in [-0.4, -0.2) is 25.6 Å². The van der Waals surface area contributed by atoms with Crippen molar-refractivity contribution in [1.82, 2.24) is 0 Å². The van der Waals surface area contributed by atoms with Crippen LogP contribution in [0.3, 0.4) is 0 Å². The molecule has 1 unspecified atom stereocenters. The predicted octanol–water partition coefficient (Wildman–Crippen LogP) is 2.76. The third kappa shape index (κ3) is 2.67. The van der Waals surface area contributed by atoms with Gasteiger partial charge in [-0.25, -0.2) is 0 Å². The molecule has 2 rings (SSSR count). The number of carbonyl (C=O) groups is 1. The average Bonchev–Trinajstić information content (AvgIpc) is 2.39. The van der Waals surface area contributed by atoms with Gasteiger partial charge in [-0.05, 0) is 49.9 Å². The topological polar surface area (TPSA) is 35.5 Å². The molecule has 0 bridgehead atoms. The van der Waals surface area contributed by atoms with Crippen molar-refractivity contribution in [3.8, 4) is 5.75 Å². The quantitative estimate of drug-likeness (QED) is 0.754. The van der Waals surface area contributed by atoms with Crippen molar-refractivity contribution >= 4 is 5.78 Å². The zero-order valence-electron chi connectivity index (χ0n) is 10.4. The number of Topliss-reactive ketones (excluding diaryl/α,β-unsaturated/α-hetero) is 1. The third-order valence-electron chi connectivity index (χ3n) is 3.17. The Balaban J connectivity index is 2.18. The zero-order valence-corrected chi connectivity index (χ0v) is 10.4. The van der Waals surface area contributed by atoms with Gasteiger partial charge in [0.1, 0.15) is 11.9 Å². The molecular weight excluding hydrogens is 216 g/mol. The van der Waals surface area contributed by atoms with Crippen molar-refractivity contribution < 1.29 is 14.3 Å². The Hall–Kier alpha value is -1.35. The molecule has 1 aromatic rings. The van der Waals surface area contributed by atoms with Crippen molar-refractivity contribution in [3.63, 3.8) is 0 Å². The van der Waals surface area contributed by atoms with Gasteiger partial charge >= 0.3 is 0 Å². The van der Waals surface area contributed by atoms with E-state index in [0.29, 0.717) is 6.61 Å². The van der Waals surface area contributed by atoms with Crippen LogP contribution >= 0.6 is 0 Å². The molecule has 1 aromatic carbocycles. The van der Waals surface area contributed by atoms with Gasteiger partial charge < -0.3 is 9.47 Å². The summed E-state index contributed by atoms with van der Waals surface area (Å²) in [5.74, 6) is 0.883. The van der Waals surface area contributed by atoms with E-state index in [1.165, 1.54) is 0 Å². The minimum absolute atomic E-state index is 0.102. The van der Waals surface area contributed by atoms with E-state index in [-0.39, 0.29) is 11.9 Å². The van der Waals surface area contributed by atoms with E-state index in [4.69, 9.17) is 9.47 Å². The number of ketones is 1. The van der Waals surface area contributed by atoms with Crippen LogP contribution in [0.2, 0.25) is 0 Å². The summed E-state index contributed by atoms with van der Waals surface area (Å²) in [5, 5.41) is 0. The molecule has 3 nitrogen and oxygen atoms in total. The monoisotopic (exact) mass is 234 g/mol. The van der Waals surface area contributed by atoms with E-state index in [1.54, 1.807) is 7.11 Å². The van der Waals surface area contributed by atoms with Gasteiger partial charge in [0, 0.05) is 12.2 Å². The Morgan fingerprint density at radius 3 is 2.82 bits per heavy atom. The summed E-state index contributed by atoms with van der Waals surface area (Å²) in [6.07, 6.45) is 2.72. The van der Waals surface area contributed by atoms with Gasteiger partial charge in [-0.3, -0.25) is 4.79 Å². The first-order valence-electron chi connectivity index (χ1n) is 6.03. The Morgan fingerprint density at radius 2 is 2.24 bits per heavy atom. The number of rotatable bonds is 3. The lowest BCUT2D eigenvalue weighted by Crippen LogP contribution is -2.28. The summed E-state index contributed by atoms with van der Waals surface area (Å²) in [6.45, 7) is 2.63. The predicted molar refractivity (Wildman–Crippen MR) is 65.7 cm³/mol.